The number of oxazole rings is 1. The van der Waals surface area contributed by atoms with Crippen molar-refractivity contribution in [1.82, 2.24) is 4.98 Å². The Labute approximate surface area is 152 Å². The maximum atomic E-state index is 12.6. The Morgan fingerprint density at radius 1 is 1.32 bits per heavy atom. The van der Waals surface area contributed by atoms with Crippen LogP contribution in [-0.2, 0) is 9.59 Å². The van der Waals surface area contributed by atoms with Crippen LogP contribution < -0.4 is 10.2 Å². The SMILES string of the molecule is O=C1CN(C(=O)CSc2nc3cc(Cl)ccc3o2)c2ccccc2N1. The summed E-state index contributed by atoms with van der Waals surface area (Å²) in [7, 11) is 0. The molecule has 0 atom stereocenters. The molecular weight excluding hydrogens is 362 g/mol. The molecule has 2 aromatic carbocycles. The summed E-state index contributed by atoms with van der Waals surface area (Å²) < 4.78 is 5.59. The molecule has 2 amide bonds. The molecule has 8 heteroatoms. The van der Waals surface area contributed by atoms with Crippen molar-refractivity contribution >= 4 is 57.7 Å². The molecule has 6 nitrogen and oxygen atoms in total. The Morgan fingerprint density at radius 3 is 3.04 bits per heavy atom. The maximum Gasteiger partial charge on any atom is 0.257 e. The third kappa shape index (κ3) is 3.20. The summed E-state index contributed by atoms with van der Waals surface area (Å²) in [6.07, 6.45) is 0. The van der Waals surface area contributed by atoms with E-state index in [0.29, 0.717) is 32.7 Å². The van der Waals surface area contributed by atoms with E-state index in [2.05, 4.69) is 10.3 Å². The zero-order valence-corrected chi connectivity index (χ0v) is 14.4. The van der Waals surface area contributed by atoms with E-state index >= 15 is 0 Å². The van der Waals surface area contributed by atoms with Crippen LogP contribution in [0.3, 0.4) is 0 Å². The lowest BCUT2D eigenvalue weighted by atomic mass is 10.2. The van der Waals surface area contributed by atoms with E-state index in [0.717, 1.165) is 0 Å². The summed E-state index contributed by atoms with van der Waals surface area (Å²) in [5, 5.41) is 3.72. The Hall–Kier alpha value is -2.51. The minimum absolute atomic E-state index is 0.000423. The monoisotopic (exact) mass is 373 g/mol. The Balaban J connectivity index is 1.51. The van der Waals surface area contributed by atoms with E-state index in [4.69, 9.17) is 16.0 Å². The molecule has 0 aliphatic carbocycles. The van der Waals surface area contributed by atoms with Crippen molar-refractivity contribution in [2.24, 2.45) is 0 Å². The molecule has 2 heterocycles. The second-order valence-electron chi connectivity index (χ2n) is 5.43. The Bertz CT molecular complexity index is 988. The van der Waals surface area contributed by atoms with Gasteiger partial charge in [-0.2, -0.15) is 0 Å². The second-order valence-corrected chi connectivity index (χ2v) is 6.79. The van der Waals surface area contributed by atoms with Gasteiger partial charge in [-0.25, -0.2) is 4.98 Å². The Kier molecular flexibility index (Phi) is 4.10. The summed E-state index contributed by atoms with van der Waals surface area (Å²) >= 11 is 7.12. The number of benzene rings is 2. The molecule has 0 spiro atoms. The Morgan fingerprint density at radius 2 is 2.16 bits per heavy atom. The van der Waals surface area contributed by atoms with Crippen molar-refractivity contribution < 1.29 is 14.0 Å². The number of thioether (sulfide) groups is 1. The molecule has 0 radical (unpaired) electrons. The lowest BCUT2D eigenvalue weighted by Crippen LogP contribution is -2.43. The second kappa shape index (κ2) is 6.42. The quantitative estimate of drug-likeness (QED) is 0.710. The maximum absolute atomic E-state index is 12.6. The lowest BCUT2D eigenvalue weighted by Gasteiger charge is -2.28. The van der Waals surface area contributed by atoms with Crippen LogP contribution in [-0.4, -0.2) is 29.1 Å². The fourth-order valence-corrected chi connectivity index (χ4v) is 3.48. The first kappa shape index (κ1) is 16.0. The zero-order chi connectivity index (χ0) is 17.4. The van der Waals surface area contributed by atoms with Crippen LogP contribution >= 0.6 is 23.4 Å². The van der Waals surface area contributed by atoms with E-state index < -0.39 is 0 Å². The largest absolute Gasteiger partial charge is 0.431 e. The summed E-state index contributed by atoms with van der Waals surface area (Å²) in [6, 6.07) is 12.4. The molecule has 0 bridgehead atoms. The molecule has 1 N–H and O–H groups in total. The van der Waals surface area contributed by atoms with Gasteiger partial charge in [0.05, 0.1) is 17.1 Å². The molecule has 1 aromatic heterocycles. The van der Waals surface area contributed by atoms with E-state index in [1.54, 1.807) is 30.3 Å². The molecule has 1 aliphatic heterocycles. The third-order valence-electron chi connectivity index (χ3n) is 3.72. The number of hydrogen-bond acceptors (Lipinski definition) is 5. The van der Waals surface area contributed by atoms with Crippen molar-refractivity contribution in [2.45, 2.75) is 5.22 Å². The van der Waals surface area contributed by atoms with Gasteiger partial charge in [-0.1, -0.05) is 35.5 Å². The number of nitrogens with zero attached hydrogens (tertiary/aromatic N) is 2. The number of nitrogens with one attached hydrogen (secondary N) is 1. The summed E-state index contributed by atoms with van der Waals surface area (Å²) in [4.78, 5) is 30.2. The lowest BCUT2D eigenvalue weighted by molar-refractivity contribution is -0.120. The van der Waals surface area contributed by atoms with E-state index in [9.17, 15) is 9.59 Å². The van der Waals surface area contributed by atoms with E-state index in [1.807, 2.05) is 12.1 Å². The van der Waals surface area contributed by atoms with Gasteiger partial charge in [-0.15, -0.1) is 0 Å². The number of anilines is 2. The summed E-state index contributed by atoms with van der Waals surface area (Å²) in [6.45, 7) is -0.000423. The van der Waals surface area contributed by atoms with Gasteiger partial charge < -0.3 is 14.6 Å². The molecule has 3 aromatic rings. The number of para-hydroxylation sites is 2. The molecule has 4 rings (SSSR count). The van der Waals surface area contributed by atoms with Gasteiger partial charge in [0, 0.05) is 5.02 Å². The topological polar surface area (TPSA) is 75.4 Å². The average Bonchev–Trinajstić information content (AvgIpc) is 3.00. The van der Waals surface area contributed by atoms with Crippen molar-refractivity contribution in [2.75, 3.05) is 22.5 Å². The van der Waals surface area contributed by atoms with Crippen molar-refractivity contribution in [3.8, 4) is 0 Å². The van der Waals surface area contributed by atoms with Crippen LogP contribution in [0.25, 0.3) is 11.1 Å². The van der Waals surface area contributed by atoms with Gasteiger partial charge in [0.15, 0.2) is 5.58 Å². The molecule has 126 valence electrons. The smallest absolute Gasteiger partial charge is 0.257 e. The highest BCUT2D eigenvalue weighted by atomic mass is 35.5. The van der Waals surface area contributed by atoms with E-state index in [-0.39, 0.29) is 24.1 Å². The van der Waals surface area contributed by atoms with Crippen LogP contribution in [0.1, 0.15) is 0 Å². The standard InChI is InChI=1S/C17H12ClN3O3S/c18-10-5-6-14-12(7-10)20-17(24-14)25-9-16(23)21-8-15(22)19-11-3-1-2-4-13(11)21/h1-7H,8-9H2,(H,19,22). The normalized spacial score (nSPS) is 13.6. The highest BCUT2D eigenvalue weighted by molar-refractivity contribution is 7.99. The molecular formula is C17H12ClN3O3S. The predicted molar refractivity (Wildman–Crippen MR) is 97.2 cm³/mol. The fraction of sp³-hybridized carbons (Fsp3) is 0.118. The van der Waals surface area contributed by atoms with Crippen LogP contribution in [0.15, 0.2) is 52.1 Å². The van der Waals surface area contributed by atoms with Gasteiger partial charge in [0.2, 0.25) is 11.8 Å². The predicted octanol–water partition coefficient (Wildman–Crippen LogP) is 3.56. The summed E-state index contributed by atoms with van der Waals surface area (Å²) in [5.74, 6) is -0.288. The minimum atomic E-state index is -0.214. The van der Waals surface area contributed by atoms with Crippen molar-refractivity contribution in [3.63, 3.8) is 0 Å². The number of halogens is 1. The number of hydrogen-bond donors (Lipinski definition) is 1. The van der Waals surface area contributed by atoms with Gasteiger partial charge in [-0.3, -0.25) is 9.59 Å². The minimum Gasteiger partial charge on any atom is -0.431 e. The molecule has 0 unspecified atom stereocenters. The molecule has 0 saturated carbocycles. The molecule has 25 heavy (non-hydrogen) atoms. The molecule has 1 aliphatic rings. The van der Waals surface area contributed by atoms with Crippen LogP contribution in [0.4, 0.5) is 11.4 Å². The number of amides is 2. The van der Waals surface area contributed by atoms with Crippen LogP contribution in [0, 0.1) is 0 Å². The van der Waals surface area contributed by atoms with E-state index in [1.165, 1.54) is 16.7 Å². The molecule has 0 fully saturated rings. The number of carbonyl (C=O) groups is 2. The van der Waals surface area contributed by atoms with Crippen LogP contribution in [0.5, 0.6) is 0 Å². The third-order valence-corrected chi connectivity index (χ3v) is 4.77. The first-order valence-electron chi connectivity index (χ1n) is 7.48. The highest BCUT2D eigenvalue weighted by Gasteiger charge is 2.26. The number of fused-ring (bicyclic) bond motifs is 2. The molecule has 0 saturated heterocycles. The first-order chi connectivity index (χ1) is 12.1. The number of rotatable bonds is 3. The van der Waals surface area contributed by atoms with Gasteiger partial charge >= 0.3 is 0 Å². The van der Waals surface area contributed by atoms with Crippen molar-refractivity contribution in [3.05, 3.63) is 47.5 Å². The van der Waals surface area contributed by atoms with Gasteiger partial charge in [0.1, 0.15) is 12.1 Å². The highest BCUT2D eigenvalue weighted by Crippen LogP contribution is 2.30. The average molecular weight is 374 g/mol. The fourth-order valence-electron chi connectivity index (χ4n) is 2.60. The zero-order valence-electron chi connectivity index (χ0n) is 12.9. The van der Waals surface area contributed by atoms with Gasteiger partial charge in [0.25, 0.3) is 5.22 Å². The van der Waals surface area contributed by atoms with Crippen molar-refractivity contribution in [1.29, 1.82) is 0 Å². The number of aromatic nitrogens is 1. The van der Waals surface area contributed by atoms with Gasteiger partial charge in [-0.05, 0) is 30.3 Å². The first-order valence-corrected chi connectivity index (χ1v) is 8.84. The van der Waals surface area contributed by atoms with Crippen LogP contribution in [0.2, 0.25) is 5.02 Å². The summed E-state index contributed by atoms with van der Waals surface area (Å²) in [5.41, 5.74) is 2.58. The number of carbonyl (C=O) groups excluding carboxylic acids is 2.